The average molecular weight is 171 g/mol. The maximum atomic E-state index is 7.23. The Hall–Kier alpha value is -1.09. The number of methoxy groups -OCH3 is 1. The largest absolute Gasteiger partial charge is 0.480 e. The van der Waals surface area contributed by atoms with Crippen molar-refractivity contribution in [1.29, 1.82) is 5.41 Å². The molecular formula is C7H7ClN2O. The van der Waals surface area contributed by atoms with Crippen LogP contribution in [0.4, 0.5) is 0 Å². The Bertz CT molecular complexity index is 275. The molecule has 0 aliphatic rings. The van der Waals surface area contributed by atoms with Crippen LogP contribution in [0.2, 0.25) is 5.15 Å². The minimum absolute atomic E-state index is 0.0208. The molecule has 3 nitrogen and oxygen atoms in total. The first-order valence-electron chi connectivity index (χ1n) is 2.99. The first-order chi connectivity index (χ1) is 5.24. The molecule has 0 unspecified atom stereocenters. The zero-order valence-electron chi connectivity index (χ0n) is 5.97. The van der Waals surface area contributed by atoms with Gasteiger partial charge in [-0.2, -0.15) is 0 Å². The maximum absolute atomic E-state index is 7.23. The minimum Gasteiger partial charge on any atom is -0.480 e. The van der Waals surface area contributed by atoms with E-state index in [9.17, 15) is 0 Å². The molecule has 0 aliphatic carbocycles. The quantitative estimate of drug-likeness (QED) is 0.396. The highest BCUT2D eigenvalue weighted by molar-refractivity contribution is 6.29. The van der Waals surface area contributed by atoms with Gasteiger partial charge in [0.25, 0.3) is 0 Å². The number of rotatable bonds is 1. The lowest BCUT2D eigenvalue weighted by Gasteiger charge is -1.99. The summed E-state index contributed by atoms with van der Waals surface area (Å²) in [5.41, 5.74) is 0.444. The van der Waals surface area contributed by atoms with Gasteiger partial charge in [0.1, 0.15) is 10.8 Å². The van der Waals surface area contributed by atoms with E-state index in [1.165, 1.54) is 7.11 Å². The van der Waals surface area contributed by atoms with Gasteiger partial charge in [-0.15, -0.1) is 0 Å². The highest BCUT2D eigenvalue weighted by Crippen LogP contribution is 2.05. The van der Waals surface area contributed by atoms with Crippen LogP contribution in [-0.4, -0.2) is 18.0 Å². The maximum Gasteiger partial charge on any atom is 0.232 e. The smallest absolute Gasteiger partial charge is 0.232 e. The molecule has 1 heterocycles. The molecule has 0 spiro atoms. The number of hydrogen-bond donors (Lipinski definition) is 1. The van der Waals surface area contributed by atoms with Crippen molar-refractivity contribution in [3.8, 4) is 0 Å². The fourth-order valence-electron chi connectivity index (χ4n) is 0.639. The van der Waals surface area contributed by atoms with Crippen molar-refractivity contribution in [3.63, 3.8) is 0 Å². The van der Waals surface area contributed by atoms with Crippen molar-refractivity contribution in [2.24, 2.45) is 0 Å². The summed E-state index contributed by atoms with van der Waals surface area (Å²) < 4.78 is 4.65. The van der Waals surface area contributed by atoms with Gasteiger partial charge in [0.05, 0.1) is 7.11 Å². The molecule has 1 aromatic rings. The van der Waals surface area contributed by atoms with Crippen molar-refractivity contribution in [1.82, 2.24) is 4.98 Å². The number of hydrogen-bond acceptors (Lipinski definition) is 3. The van der Waals surface area contributed by atoms with Crippen LogP contribution >= 0.6 is 11.6 Å². The summed E-state index contributed by atoms with van der Waals surface area (Å²) in [4.78, 5) is 3.86. The third-order valence-electron chi connectivity index (χ3n) is 1.15. The summed E-state index contributed by atoms with van der Waals surface area (Å²) in [6.07, 6.45) is 0. The number of nitrogens with zero attached hydrogens (tertiary/aromatic N) is 1. The van der Waals surface area contributed by atoms with Gasteiger partial charge >= 0.3 is 0 Å². The van der Waals surface area contributed by atoms with Crippen molar-refractivity contribution in [3.05, 3.63) is 29.0 Å². The fourth-order valence-corrected chi connectivity index (χ4v) is 0.803. The lowest BCUT2D eigenvalue weighted by atomic mass is 10.3. The van der Waals surface area contributed by atoms with Gasteiger partial charge in [-0.3, -0.25) is 5.41 Å². The molecule has 0 bridgehead atoms. The summed E-state index contributed by atoms with van der Waals surface area (Å²) in [6.45, 7) is 0. The van der Waals surface area contributed by atoms with Crippen LogP contribution in [-0.2, 0) is 4.74 Å². The van der Waals surface area contributed by atoms with Crippen molar-refractivity contribution < 1.29 is 4.74 Å². The van der Waals surface area contributed by atoms with E-state index in [1.54, 1.807) is 18.2 Å². The Kier molecular flexibility index (Phi) is 2.44. The summed E-state index contributed by atoms with van der Waals surface area (Å²) in [6, 6.07) is 5.03. The number of aromatic nitrogens is 1. The number of nitrogens with one attached hydrogen (secondary N) is 1. The van der Waals surface area contributed by atoms with Crippen LogP contribution in [0.25, 0.3) is 0 Å². The number of ether oxygens (including phenoxy) is 1. The van der Waals surface area contributed by atoms with Crippen LogP contribution in [0, 0.1) is 5.41 Å². The second-order valence-electron chi connectivity index (χ2n) is 1.88. The molecule has 1 N–H and O–H groups in total. The monoisotopic (exact) mass is 170 g/mol. The lowest BCUT2D eigenvalue weighted by Crippen LogP contribution is -2.03. The van der Waals surface area contributed by atoms with Gasteiger partial charge in [0.15, 0.2) is 0 Å². The third kappa shape index (κ3) is 1.91. The predicted octanol–water partition coefficient (Wildman–Crippen LogP) is 1.71. The highest BCUT2D eigenvalue weighted by Gasteiger charge is 2.01. The predicted molar refractivity (Wildman–Crippen MR) is 43.1 cm³/mol. The van der Waals surface area contributed by atoms with Gasteiger partial charge in [-0.25, -0.2) is 4.98 Å². The van der Waals surface area contributed by atoms with E-state index in [0.717, 1.165) is 0 Å². The standard InChI is InChI=1S/C7H7ClN2O/c1-11-7(9)5-3-2-4-6(8)10-5/h2-4,9H,1H3. The van der Waals surface area contributed by atoms with Crippen LogP contribution in [0.15, 0.2) is 18.2 Å². The number of halogens is 1. The molecular weight excluding hydrogens is 164 g/mol. The molecule has 0 aromatic carbocycles. The first kappa shape index (κ1) is 8.01. The molecule has 0 radical (unpaired) electrons. The molecule has 0 saturated heterocycles. The Morgan fingerprint density at radius 2 is 2.36 bits per heavy atom. The Labute approximate surface area is 69.5 Å². The van der Waals surface area contributed by atoms with Crippen molar-refractivity contribution in [2.75, 3.05) is 7.11 Å². The van der Waals surface area contributed by atoms with Crippen LogP contribution in [0.5, 0.6) is 0 Å². The minimum atomic E-state index is 0.0208. The normalized spacial score (nSPS) is 9.27. The topological polar surface area (TPSA) is 46.0 Å². The van der Waals surface area contributed by atoms with E-state index in [2.05, 4.69) is 9.72 Å². The molecule has 1 rings (SSSR count). The lowest BCUT2D eigenvalue weighted by molar-refractivity contribution is 0.399. The van der Waals surface area contributed by atoms with E-state index in [-0.39, 0.29) is 5.90 Å². The first-order valence-corrected chi connectivity index (χ1v) is 3.37. The van der Waals surface area contributed by atoms with Crippen molar-refractivity contribution in [2.45, 2.75) is 0 Å². The Balaban J connectivity index is 2.96. The molecule has 4 heteroatoms. The molecule has 0 saturated carbocycles. The van der Waals surface area contributed by atoms with Gasteiger partial charge in [-0.1, -0.05) is 17.7 Å². The molecule has 11 heavy (non-hydrogen) atoms. The Morgan fingerprint density at radius 3 is 2.91 bits per heavy atom. The molecule has 1 aromatic heterocycles. The van der Waals surface area contributed by atoms with Gasteiger partial charge in [0, 0.05) is 0 Å². The molecule has 0 amide bonds. The summed E-state index contributed by atoms with van der Waals surface area (Å²) in [7, 11) is 1.42. The summed E-state index contributed by atoms with van der Waals surface area (Å²) in [5.74, 6) is 0.0208. The second kappa shape index (κ2) is 3.34. The van der Waals surface area contributed by atoms with Crippen LogP contribution in [0.1, 0.15) is 5.69 Å². The van der Waals surface area contributed by atoms with E-state index < -0.39 is 0 Å². The molecule has 0 atom stereocenters. The molecule has 0 aliphatic heterocycles. The van der Waals surface area contributed by atoms with Gasteiger partial charge < -0.3 is 4.74 Å². The highest BCUT2D eigenvalue weighted by atomic mass is 35.5. The number of pyridine rings is 1. The summed E-state index contributed by atoms with van der Waals surface area (Å²) in [5, 5.41) is 7.60. The molecule has 0 fully saturated rings. The zero-order valence-corrected chi connectivity index (χ0v) is 6.72. The summed E-state index contributed by atoms with van der Waals surface area (Å²) >= 11 is 5.58. The van der Waals surface area contributed by atoms with Gasteiger partial charge in [0.2, 0.25) is 5.90 Å². The Morgan fingerprint density at radius 1 is 1.64 bits per heavy atom. The van der Waals surface area contributed by atoms with Crippen LogP contribution < -0.4 is 0 Å². The molecule has 58 valence electrons. The van der Waals surface area contributed by atoms with Crippen LogP contribution in [0.3, 0.4) is 0 Å². The van der Waals surface area contributed by atoms with E-state index in [4.69, 9.17) is 17.0 Å². The third-order valence-corrected chi connectivity index (χ3v) is 1.36. The zero-order chi connectivity index (χ0) is 8.27. The van der Waals surface area contributed by atoms with Gasteiger partial charge in [-0.05, 0) is 12.1 Å². The van der Waals surface area contributed by atoms with E-state index in [0.29, 0.717) is 10.8 Å². The fraction of sp³-hybridized carbons (Fsp3) is 0.143. The second-order valence-corrected chi connectivity index (χ2v) is 2.27. The van der Waals surface area contributed by atoms with E-state index >= 15 is 0 Å². The van der Waals surface area contributed by atoms with E-state index in [1.807, 2.05) is 0 Å². The average Bonchev–Trinajstić information content (AvgIpc) is 2.03. The SMILES string of the molecule is COC(=N)c1cccc(Cl)n1. The van der Waals surface area contributed by atoms with Crippen molar-refractivity contribution >= 4 is 17.5 Å².